The van der Waals surface area contributed by atoms with Gasteiger partial charge in [0, 0.05) is 26.2 Å². The van der Waals surface area contributed by atoms with E-state index in [1.807, 2.05) is 13.0 Å². The van der Waals surface area contributed by atoms with Crippen molar-refractivity contribution in [2.45, 2.75) is 17.9 Å². The maximum Gasteiger partial charge on any atom is 0.243 e. The van der Waals surface area contributed by atoms with Crippen molar-refractivity contribution in [3.05, 3.63) is 54.2 Å². The summed E-state index contributed by atoms with van der Waals surface area (Å²) >= 11 is 0. The highest BCUT2D eigenvalue weighted by Gasteiger charge is 2.30. The predicted molar refractivity (Wildman–Crippen MR) is 96.9 cm³/mol. The molecule has 3 rings (SSSR count). The summed E-state index contributed by atoms with van der Waals surface area (Å²) in [6.45, 7) is 2.99. The molecule has 7 nitrogen and oxygen atoms in total. The first-order valence-corrected chi connectivity index (χ1v) is 10.1. The van der Waals surface area contributed by atoms with Gasteiger partial charge in [-0.25, -0.2) is 12.8 Å². The molecule has 146 valence electrons. The molecule has 1 atom stereocenters. The quantitative estimate of drug-likeness (QED) is 0.803. The Labute approximate surface area is 157 Å². The molecule has 27 heavy (non-hydrogen) atoms. The van der Waals surface area contributed by atoms with E-state index >= 15 is 0 Å². The standard InChI is InChI=1S/C18H22FN3O4S/c1-14(17-6-3-11-26-17)20-13-18(23)21-7-9-22(10-8-21)27(24,25)16-5-2-4-15(19)12-16/h2-6,11-12,14,20H,7-10,13H2,1H3/t14-/m0/s1. The second-order valence-corrected chi connectivity index (χ2v) is 8.30. The molecule has 9 heteroatoms. The van der Waals surface area contributed by atoms with Gasteiger partial charge in [0.15, 0.2) is 0 Å². The molecule has 1 aromatic carbocycles. The van der Waals surface area contributed by atoms with Gasteiger partial charge in [0.2, 0.25) is 15.9 Å². The third-order valence-corrected chi connectivity index (χ3v) is 6.45. The van der Waals surface area contributed by atoms with Gasteiger partial charge in [0.1, 0.15) is 11.6 Å². The zero-order chi connectivity index (χ0) is 19.4. The first-order chi connectivity index (χ1) is 12.9. The lowest BCUT2D eigenvalue weighted by molar-refractivity contribution is -0.131. The van der Waals surface area contributed by atoms with Crippen LogP contribution in [0.25, 0.3) is 0 Å². The highest BCUT2D eigenvalue weighted by Crippen LogP contribution is 2.18. The van der Waals surface area contributed by atoms with Gasteiger partial charge in [-0.15, -0.1) is 0 Å². The van der Waals surface area contributed by atoms with E-state index in [2.05, 4.69) is 5.32 Å². The Balaban J connectivity index is 1.53. The van der Waals surface area contributed by atoms with Crippen molar-refractivity contribution in [3.63, 3.8) is 0 Å². The number of nitrogens with one attached hydrogen (secondary N) is 1. The Morgan fingerprint density at radius 1 is 1.22 bits per heavy atom. The topological polar surface area (TPSA) is 82.9 Å². The Bertz CT molecular complexity index is 878. The van der Waals surface area contributed by atoms with Crippen molar-refractivity contribution in [1.82, 2.24) is 14.5 Å². The summed E-state index contributed by atoms with van der Waals surface area (Å²) < 4.78 is 45.1. The molecule has 2 aromatic rings. The third kappa shape index (κ3) is 4.55. The second-order valence-electron chi connectivity index (χ2n) is 6.36. The van der Waals surface area contributed by atoms with E-state index < -0.39 is 15.8 Å². The van der Waals surface area contributed by atoms with Gasteiger partial charge in [-0.3, -0.25) is 10.1 Å². The Hall–Kier alpha value is -2.23. The second kappa shape index (κ2) is 8.20. The van der Waals surface area contributed by atoms with E-state index in [9.17, 15) is 17.6 Å². The van der Waals surface area contributed by atoms with Crippen molar-refractivity contribution in [3.8, 4) is 0 Å². The average molecular weight is 395 g/mol. The molecule has 1 N–H and O–H groups in total. The maximum absolute atomic E-state index is 13.3. The number of hydrogen-bond acceptors (Lipinski definition) is 5. The van der Waals surface area contributed by atoms with E-state index in [1.165, 1.54) is 22.5 Å². The molecule has 0 unspecified atom stereocenters. The summed E-state index contributed by atoms with van der Waals surface area (Å²) in [4.78, 5) is 13.9. The molecule has 1 fully saturated rings. The number of rotatable bonds is 6. The highest BCUT2D eigenvalue weighted by atomic mass is 32.2. The SMILES string of the molecule is C[C@H](NCC(=O)N1CCN(S(=O)(=O)c2cccc(F)c2)CC1)c1ccco1. The number of nitrogens with zero attached hydrogens (tertiary/aromatic N) is 2. The molecule has 1 aromatic heterocycles. The van der Waals surface area contributed by atoms with Gasteiger partial charge >= 0.3 is 0 Å². The zero-order valence-corrected chi connectivity index (χ0v) is 15.8. The molecule has 1 amide bonds. The summed E-state index contributed by atoms with van der Waals surface area (Å²) in [7, 11) is -3.76. The molecule has 0 saturated carbocycles. The van der Waals surface area contributed by atoms with Crippen LogP contribution < -0.4 is 5.32 Å². The molecule has 0 bridgehead atoms. The van der Waals surface area contributed by atoms with Crippen LogP contribution in [0.15, 0.2) is 52.0 Å². The van der Waals surface area contributed by atoms with Crippen molar-refractivity contribution in [2.24, 2.45) is 0 Å². The summed E-state index contributed by atoms with van der Waals surface area (Å²) in [6, 6.07) is 8.47. The van der Waals surface area contributed by atoms with Crippen LogP contribution in [0.1, 0.15) is 18.7 Å². The Kier molecular flexibility index (Phi) is 5.93. The predicted octanol–water partition coefficient (Wildman–Crippen LogP) is 1.60. The van der Waals surface area contributed by atoms with Crippen LogP contribution in [-0.4, -0.2) is 56.3 Å². The number of sulfonamides is 1. The van der Waals surface area contributed by atoms with Crippen molar-refractivity contribution in [1.29, 1.82) is 0 Å². The molecular weight excluding hydrogens is 373 g/mol. The van der Waals surface area contributed by atoms with Gasteiger partial charge in [-0.1, -0.05) is 6.07 Å². The van der Waals surface area contributed by atoms with E-state index in [0.717, 1.165) is 11.8 Å². The van der Waals surface area contributed by atoms with Gasteiger partial charge in [-0.05, 0) is 37.3 Å². The van der Waals surface area contributed by atoms with Crippen molar-refractivity contribution >= 4 is 15.9 Å². The van der Waals surface area contributed by atoms with E-state index in [0.29, 0.717) is 13.1 Å². The van der Waals surface area contributed by atoms with Crippen LogP contribution in [0.5, 0.6) is 0 Å². The third-order valence-electron chi connectivity index (χ3n) is 4.55. The minimum Gasteiger partial charge on any atom is -0.468 e. The normalized spacial score (nSPS) is 17.0. The average Bonchev–Trinajstić information content (AvgIpc) is 3.21. The highest BCUT2D eigenvalue weighted by molar-refractivity contribution is 7.89. The number of carbonyl (C=O) groups excluding carboxylic acids is 1. The lowest BCUT2D eigenvalue weighted by Gasteiger charge is -2.34. The van der Waals surface area contributed by atoms with Gasteiger partial charge in [-0.2, -0.15) is 4.31 Å². The number of halogens is 1. The van der Waals surface area contributed by atoms with Gasteiger partial charge in [0.25, 0.3) is 0 Å². The number of furan rings is 1. The van der Waals surface area contributed by atoms with Crippen molar-refractivity contribution in [2.75, 3.05) is 32.7 Å². The lowest BCUT2D eigenvalue weighted by atomic mass is 10.2. The van der Waals surface area contributed by atoms with Crippen LogP contribution >= 0.6 is 0 Å². The molecule has 0 spiro atoms. The molecule has 0 radical (unpaired) electrons. The van der Waals surface area contributed by atoms with E-state index in [1.54, 1.807) is 17.2 Å². The fourth-order valence-corrected chi connectivity index (χ4v) is 4.40. The zero-order valence-electron chi connectivity index (χ0n) is 15.0. The maximum atomic E-state index is 13.3. The molecule has 2 heterocycles. The largest absolute Gasteiger partial charge is 0.468 e. The number of benzene rings is 1. The minimum absolute atomic E-state index is 0.0729. The minimum atomic E-state index is -3.76. The Morgan fingerprint density at radius 3 is 2.59 bits per heavy atom. The van der Waals surface area contributed by atoms with Crippen LogP contribution in [0, 0.1) is 5.82 Å². The number of hydrogen-bond donors (Lipinski definition) is 1. The summed E-state index contributed by atoms with van der Waals surface area (Å²) in [5, 5.41) is 3.10. The van der Waals surface area contributed by atoms with Crippen LogP contribution in [0.2, 0.25) is 0 Å². The first kappa shape index (κ1) is 19.5. The lowest BCUT2D eigenvalue weighted by Crippen LogP contribution is -2.52. The number of piperazine rings is 1. The molecule has 0 aliphatic carbocycles. The molecule has 1 aliphatic rings. The summed E-state index contributed by atoms with van der Waals surface area (Å²) in [5.41, 5.74) is 0. The van der Waals surface area contributed by atoms with Crippen LogP contribution in [-0.2, 0) is 14.8 Å². The number of carbonyl (C=O) groups is 1. The summed E-state index contributed by atoms with van der Waals surface area (Å²) in [6.07, 6.45) is 1.58. The van der Waals surface area contributed by atoms with Crippen LogP contribution in [0.3, 0.4) is 0 Å². The fraction of sp³-hybridized carbons (Fsp3) is 0.389. The first-order valence-electron chi connectivity index (χ1n) is 8.68. The molecule has 1 aliphatic heterocycles. The van der Waals surface area contributed by atoms with Crippen LogP contribution in [0.4, 0.5) is 4.39 Å². The fourth-order valence-electron chi connectivity index (χ4n) is 2.94. The van der Waals surface area contributed by atoms with E-state index in [4.69, 9.17) is 4.42 Å². The van der Waals surface area contributed by atoms with E-state index in [-0.39, 0.29) is 36.5 Å². The summed E-state index contributed by atoms with van der Waals surface area (Å²) in [5.74, 6) is 0.0478. The monoisotopic (exact) mass is 395 g/mol. The van der Waals surface area contributed by atoms with Gasteiger partial charge < -0.3 is 9.32 Å². The molecular formula is C18H22FN3O4S. The van der Waals surface area contributed by atoms with Gasteiger partial charge in [0.05, 0.1) is 23.7 Å². The molecule has 1 saturated heterocycles. The smallest absolute Gasteiger partial charge is 0.243 e. The Morgan fingerprint density at radius 2 is 1.96 bits per heavy atom. The number of amides is 1. The van der Waals surface area contributed by atoms with Crippen molar-refractivity contribution < 1.29 is 22.0 Å².